The predicted octanol–water partition coefficient (Wildman–Crippen LogP) is 4.03. The summed E-state index contributed by atoms with van der Waals surface area (Å²) < 4.78 is 40.0. The van der Waals surface area contributed by atoms with Crippen LogP contribution in [0, 0.1) is 6.92 Å². The molecule has 0 aromatic carbocycles. The molecule has 0 fully saturated rings. The van der Waals surface area contributed by atoms with E-state index in [1.807, 2.05) is 5.38 Å². The average molecular weight is 378 g/mol. The summed E-state index contributed by atoms with van der Waals surface area (Å²) in [5.41, 5.74) is -0.654. The lowest BCUT2D eigenvalue weighted by Gasteiger charge is -2.06. The standard InChI is InChI=1S/C16H9F3N4O2S/c1-7-5-11(16(17,18)19)21-13-12(7)14-20-8(10-3-2-4-26-10)6-9(15(24)25)23(14)22-13/h2-6H,1H3,(H,24,25). The molecule has 4 aromatic heterocycles. The number of hydrogen-bond donors (Lipinski definition) is 1. The highest BCUT2D eigenvalue weighted by molar-refractivity contribution is 7.13. The Morgan fingerprint density at radius 1 is 1.27 bits per heavy atom. The third-order valence-corrected chi connectivity index (χ3v) is 4.72. The summed E-state index contributed by atoms with van der Waals surface area (Å²) in [4.78, 5) is 20.4. The maximum atomic E-state index is 13.0. The van der Waals surface area contributed by atoms with E-state index >= 15 is 0 Å². The number of pyridine rings is 1. The number of alkyl halides is 3. The molecule has 0 aliphatic carbocycles. The monoisotopic (exact) mass is 378 g/mol. The molecule has 4 rings (SSSR count). The molecule has 0 unspecified atom stereocenters. The van der Waals surface area contributed by atoms with E-state index in [9.17, 15) is 23.1 Å². The van der Waals surface area contributed by atoms with Crippen LogP contribution >= 0.6 is 11.3 Å². The zero-order valence-corrected chi connectivity index (χ0v) is 13.9. The number of hydrogen-bond acceptors (Lipinski definition) is 5. The predicted molar refractivity (Wildman–Crippen MR) is 88.3 cm³/mol. The molecule has 0 spiro atoms. The summed E-state index contributed by atoms with van der Waals surface area (Å²) in [7, 11) is 0. The molecule has 0 bridgehead atoms. The molecule has 0 amide bonds. The fourth-order valence-electron chi connectivity index (χ4n) is 2.71. The van der Waals surface area contributed by atoms with Crippen molar-refractivity contribution in [3.8, 4) is 10.6 Å². The molecule has 132 valence electrons. The molecule has 10 heteroatoms. The Bertz CT molecular complexity index is 1170. The number of thiophene rings is 1. The Kier molecular flexibility index (Phi) is 3.48. The van der Waals surface area contributed by atoms with Gasteiger partial charge in [0.2, 0.25) is 0 Å². The Balaban J connectivity index is 2.11. The molecule has 0 radical (unpaired) electrons. The molecule has 0 saturated heterocycles. The van der Waals surface area contributed by atoms with E-state index in [-0.39, 0.29) is 22.6 Å². The summed E-state index contributed by atoms with van der Waals surface area (Å²) in [6.45, 7) is 1.49. The van der Waals surface area contributed by atoms with Gasteiger partial charge >= 0.3 is 12.1 Å². The van der Waals surface area contributed by atoms with E-state index in [1.54, 1.807) is 12.1 Å². The summed E-state index contributed by atoms with van der Waals surface area (Å²) in [6.07, 6.45) is -4.63. The largest absolute Gasteiger partial charge is 0.477 e. The van der Waals surface area contributed by atoms with Gasteiger partial charge in [0, 0.05) is 0 Å². The van der Waals surface area contributed by atoms with Gasteiger partial charge in [0.25, 0.3) is 0 Å². The van der Waals surface area contributed by atoms with E-state index < -0.39 is 17.8 Å². The Labute approximate surface area is 147 Å². The number of carboxylic acid groups (broad SMARTS) is 1. The van der Waals surface area contributed by atoms with Gasteiger partial charge in [-0.3, -0.25) is 0 Å². The first-order valence-corrected chi connectivity index (χ1v) is 8.19. The number of aromatic nitrogens is 4. The van der Waals surface area contributed by atoms with E-state index in [4.69, 9.17) is 0 Å². The van der Waals surface area contributed by atoms with Gasteiger partial charge in [-0.2, -0.15) is 13.2 Å². The first-order chi connectivity index (χ1) is 12.3. The van der Waals surface area contributed by atoms with E-state index in [1.165, 1.54) is 24.3 Å². The number of rotatable bonds is 2. The molecular formula is C16H9F3N4O2S. The summed E-state index contributed by atoms with van der Waals surface area (Å²) in [5, 5.41) is 15.6. The van der Waals surface area contributed by atoms with Crippen LogP contribution in [0.25, 0.3) is 27.3 Å². The number of aryl methyl sites for hydroxylation is 1. The van der Waals surface area contributed by atoms with Crippen molar-refractivity contribution < 1.29 is 23.1 Å². The van der Waals surface area contributed by atoms with Crippen LogP contribution in [-0.4, -0.2) is 30.7 Å². The lowest BCUT2D eigenvalue weighted by molar-refractivity contribution is -0.141. The molecule has 0 aliphatic rings. The normalized spacial score (nSPS) is 12.2. The minimum Gasteiger partial charge on any atom is -0.477 e. The molecule has 26 heavy (non-hydrogen) atoms. The maximum Gasteiger partial charge on any atom is 0.433 e. The van der Waals surface area contributed by atoms with Crippen molar-refractivity contribution in [2.75, 3.05) is 0 Å². The van der Waals surface area contributed by atoms with Gasteiger partial charge in [0.05, 0.1) is 16.0 Å². The van der Waals surface area contributed by atoms with Gasteiger partial charge in [-0.25, -0.2) is 19.3 Å². The van der Waals surface area contributed by atoms with Crippen LogP contribution in [0.3, 0.4) is 0 Å². The van der Waals surface area contributed by atoms with Gasteiger partial charge < -0.3 is 5.11 Å². The van der Waals surface area contributed by atoms with Crippen LogP contribution in [0.4, 0.5) is 13.2 Å². The van der Waals surface area contributed by atoms with Crippen LogP contribution in [0.5, 0.6) is 0 Å². The van der Waals surface area contributed by atoms with E-state index in [0.717, 1.165) is 15.5 Å². The minimum atomic E-state index is -4.63. The SMILES string of the molecule is Cc1cc(C(F)(F)F)nc2nn3c(C(=O)O)cc(-c4cccs4)nc3c12. The van der Waals surface area contributed by atoms with Crippen molar-refractivity contribution in [2.45, 2.75) is 13.1 Å². The maximum absolute atomic E-state index is 13.0. The number of carbonyl (C=O) groups is 1. The van der Waals surface area contributed by atoms with Gasteiger partial charge in [-0.05, 0) is 36.1 Å². The Morgan fingerprint density at radius 3 is 2.65 bits per heavy atom. The number of carboxylic acids is 1. The second-order valence-corrected chi connectivity index (χ2v) is 6.51. The summed E-state index contributed by atoms with van der Waals surface area (Å²) in [5.74, 6) is -1.27. The summed E-state index contributed by atoms with van der Waals surface area (Å²) >= 11 is 1.37. The zero-order valence-electron chi connectivity index (χ0n) is 13.1. The van der Waals surface area contributed by atoms with E-state index in [0.29, 0.717) is 11.1 Å². The van der Waals surface area contributed by atoms with Gasteiger partial charge in [0.1, 0.15) is 5.69 Å². The Morgan fingerprint density at radius 2 is 2.04 bits per heavy atom. The first-order valence-electron chi connectivity index (χ1n) is 7.31. The Hall–Kier alpha value is -3.01. The topological polar surface area (TPSA) is 80.4 Å². The fourth-order valence-corrected chi connectivity index (χ4v) is 3.40. The fraction of sp³-hybridized carbons (Fsp3) is 0.125. The van der Waals surface area contributed by atoms with Crippen LogP contribution < -0.4 is 0 Å². The highest BCUT2D eigenvalue weighted by atomic mass is 32.1. The molecule has 0 atom stereocenters. The zero-order chi connectivity index (χ0) is 18.6. The molecule has 4 heterocycles. The van der Waals surface area contributed by atoms with Crippen LogP contribution in [0.2, 0.25) is 0 Å². The van der Waals surface area contributed by atoms with Gasteiger partial charge in [-0.15, -0.1) is 16.4 Å². The third kappa shape index (κ3) is 2.49. The first kappa shape index (κ1) is 16.5. The van der Waals surface area contributed by atoms with Crippen molar-refractivity contribution in [1.82, 2.24) is 19.6 Å². The number of nitrogens with zero attached hydrogens (tertiary/aromatic N) is 4. The number of fused-ring (bicyclic) bond motifs is 3. The van der Waals surface area contributed by atoms with Crippen molar-refractivity contribution >= 4 is 34.0 Å². The lowest BCUT2D eigenvalue weighted by atomic mass is 10.1. The average Bonchev–Trinajstić information content (AvgIpc) is 3.20. The van der Waals surface area contributed by atoms with Crippen molar-refractivity contribution in [3.05, 3.63) is 46.6 Å². The number of halogens is 3. The molecule has 0 aliphatic heterocycles. The lowest BCUT2D eigenvalue weighted by Crippen LogP contribution is -2.08. The highest BCUT2D eigenvalue weighted by Gasteiger charge is 2.34. The van der Waals surface area contributed by atoms with Crippen LogP contribution in [-0.2, 0) is 6.18 Å². The van der Waals surface area contributed by atoms with Crippen LogP contribution in [0.1, 0.15) is 21.7 Å². The summed E-state index contributed by atoms with van der Waals surface area (Å²) in [6, 6.07) is 5.82. The third-order valence-electron chi connectivity index (χ3n) is 3.83. The smallest absolute Gasteiger partial charge is 0.433 e. The van der Waals surface area contributed by atoms with Crippen molar-refractivity contribution in [1.29, 1.82) is 0 Å². The van der Waals surface area contributed by atoms with Crippen molar-refractivity contribution in [3.63, 3.8) is 0 Å². The second kappa shape index (κ2) is 5.49. The molecule has 4 aromatic rings. The number of aromatic carboxylic acids is 1. The van der Waals surface area contributed by atoms with Crippen molar-refractivity contribution in [2.24, 2.45) is 0 Å². The molecule has 0 saturated carbocycles. The van der Waals surface area contributed by atoms with Gasteiger partial charge in [0.15, 0.2) is 17.0 Å². The second-order valence-electron chi connectivity index (χ2n) is 5.57. The molecular weight excluding hydrogens is 369 g/mol. The van der Waals surface area contributed by atoms with E-state index in [2.05, 4.69) is 15.1 Å². The quantitative estimate of drug-likeness (QED) is 0.570. The van der Waals surface area contributed by atoms with Crippen LogP contribution in [0.15, 0.2) is 29.6 Å². The highest BCUT2D eigenvalue weighted by Crippen LogP contribution is 2.33. The van der Waals surface area contributed by atoms with Gasteiger partial charge in [-0.1, -0.05) is 6.07 Å². The molecule has 6 nitrogen and oxygen atoms in total. The minimum absolute atomic E-state index is 0.155. The molecule has 1 N–H and O–H groups in total.